The van der Waals surface area contributed by atoms with Gasteiger partial charge < -0.3 is 15.6 Å². The molecule has 1 aromatic heterocycles. The molecule has 1 rings (SSSR count). The maximum Gasteiger partial charge on any atom is 0.490 e. The number of aromatic nitrogens is 1. The Labute approximate surface area is 106 Å². The lowest BCUT2D eigenvalue weighted by Gasteiger charge is -2.03. The van der Waals surface area contributed by atoms with Gasteiger partial charge in [0, 0.05) is 6.54 Å². The van der Waals surface area contributed by atoms with Gasteiger partial charge in [-0.1, -0.05) is 0 Å². The first-order valence-electron chi connectivity index (χ1n) is 5.00. The molecular formula is C10H12F4N2O3. The maximum absolute atomic E-state index is 12.9. The monoisotopic (exact) mass is 284 g/mol. The lowest BCUT2D eigenvalue weighted by atomic mass is 10.3. The highest BCUT2D eigenvalue weighted by atomic mass is 19.4. The van der Waals surface area contributed by atoms with E-state index >= 15 is 0 Å². The third-order valence-corrected chi connectivity index (χ3v) is 1.62. The first-order chi connectivity index (χ1) is 8.72. The summed E-state index contributed by atoms with van der Waals surface area (Å²) in [5, 5.41) is 7.12. The average molecular weight is 284 g/mol. The van der Waals surface area contributed by atoms with Crippen LogP contribution in [0.5, 0.6) is 5.75 Å². The summed E-state index contributed by atoms with van der Waals surface area (Å²) in [5.74, 6) is -3.18. The van der Waals surface area contributed by atoms with Gasteiger partial charge in [-0.05, 0) is 19.1 Å². The van der Waals surface area contributed by atoms with Gasteiger partial charge in [0.2, 0.25) is 0 Å². The molecule has 0 bridgehead atoms. The smallest absolute Gasteiger partial charge is 0.489 e. The number of nitrogens with zero attached hydrogens (tertiary/aromatic N) is 1. The Balaban J connectivity index is 0.000000399. The summed E-state index contributed by atoms with van der Waals surface area (Å²) in [6.07, 6.45) is -5.08. The first kappa shape index (κ1) is 17.1. The molecule has 0 spiro atoms. The van der Waals surface area contributed by atoms with E-state index in [1.165, 1.54) is 6.07 Å². The predicted octanol–water partition coefficient (Wildman–Crippen LogP) is 1.71. The van der Waals surface area contributed by atoms with Crippen molar-refractivity contribution in [3.05, 3.63) is 23.8 Å². The highest BCUT2D eigenvalue weighted by molar-refractivity contribution is 5.73. The molecule has 9 heteroatoms. The lowest BCUT2D eigenvalue weighted by molar-refractivity contribution is -0.192. The summed E-state index contributed by atoms with van der Waals surface area (Å²) < 4.78 is 49.6. The van der Waals surface area contributed by atoms with Crippen molar-refractivity contribution in [2.45, 2.75) is 19.6 Å². The number of rotatable bonds is 3. The quantitative estimate of drug-likeness (QED) is 0.652. The normalized spacial score (nSPS) is 10.4. The summed E-state index contributed by atoms with van der Waals surface area (Å²) >= 11 is 0. The molecule has 3 N–H and O–H groups in total. The number of aliphatic carboxylic acids is 1. The predicted molar refractivity (Wildman–Crippen MR) is 56.9 cm³/mol. The van der Waals surface area contributed by atoms with Crippen molar-refractivity contribution in [1.82, 2.24) is 4.98 Å². The van der Waals surface area contributed by atoms with E-state index in [1.807, 2.05) is 0 Å². The Hall–Kier alpha value is -1.90. The van der Waals surface area contributed by atoms with Crippen molar-refractivity contribution < 1.29 is 32.2 Å². The molecule has 5 nitrogen and oxygen atoms in total. The van der Waals surface area contributed by atoms with Crippen LogP contribution in [0.2, 0.25) is 0 Å². The zero-order valence-electron chi connectivity index (χ0n) is 9.87. The molecule has 0 aromatic carbocycles. The van der Waals surface area contributed by atoms with Gasteiger partial charge >= 0.3 is 12.1 Å². The molecule has 0 aliphatic heterocycles. The number of carboxylic acid groups (broad SMARTS) is 1. The number of halogens is 4. The lowest BCUT2D eigenvalue weighted by Crippen LogP contribution is -2.21. The number of carbonyl (C=O) groups is 1. The minimum atomic E-state index is -5.08. The molecule has 1 heterocycles. The van der Waals surface area contributed by atoms with Crippen LogP contribution in [0.3, 0.4) is 0 Å². The van der Waals surface area contributed by atoms with Gasteiger partial charge in [0.25, 0.3) is 5.95 Å². The first-order valence-corrected chi connectivity index (χ1v) is 5.00. The van der Waals surface area contributed by atoms with E-state index in [4.69, 9.17) is 20.4 Å². The largest absolute Gasteiger partial charge is 0.490 e. The third-order valence-electron chi connectivity index (χ3n) is 1.62. The van der Waals surface area contributed by atoms with Gasteiger partial charge in [-0.25, -0.2) is 9.78 Å². The molecule has 19 heavy (non-hydrogen) atoms. The van der Waals surface area contributed by atoms with Crippen LogP contribution in [0.15, 0.2) is 12.1 Å². The topological polar surface area (TPSA) is 85.4 Å². The van der Waals surface area contributed by atoms with Gasteiger partial charge in [0.15, 0.2) is 5.75 Å². The van der Waals surface area contributed by atoms with Crippen molar-refractivity contribution in [3.63, 3.8) is 0 Å². The van der Waals surface area contributed by atoms with Gasteiger partial charge in [-0.2, -0.15) is 17.6 Å². The number of alkyl halides is 3. The van der Waals surface area contributed by atoms with Gasteiger partial charge in [0.05, 0.1) is 12.3 Å². The zero-order chi connectivity index (χ0) is 15.1. The molecule has 1 aromatic rings. The molecule has 0 aliphatic rings. The molecule has 0 unspecified atom stereocenters. The summed E-state index contributed by atoms with van der Waals surface area (Å²) in [7, 11) is 0. The number of pyridine rings is 1. The van der Waals surface area contributed by atoms with Crippen molar-refractivity contribution in [2.24, 2.45) is 5.73 Å². The second-order valence-corrected chi connectivity index (χ2v) is 3.03. The van der Waals surface area contributed by atoms with E-state index in [1.54, 1.807) is 13.0 Å². The molecule has 0 fully saturated rings. The van der Waals surface area contributed by atoms with Crippen molar-refractivity contribution in [3.8, 4) is 5.75 Å². The Morgan fingerprint density at radius 2 is 2.00 bits per heavy atom. The van der Waals surface area contributed by atoms with Crippen LogP contribution in [0.4, 0.5) is 17.6 Å². The van der Waals surface area contributed by atoms with Crippen LogP contribution >= 0.6 is 0 Å². The van der Waals surface area contributed by atoms with Gasteiger partial charge in [-0.3, -0.25) is 0 Å². The van der Waals surface area contributed by atoms with Crippen LogP contribution in [-0.2, 0) is 11.3 Å². The second-order valence-electron chi connectivity index (χ2n) is 3.03. The Morgan fingerprint density at radius 1 is 1.47 bits per heavy atom. The maximum atomic E-state index is 12.9. The van der Waals surface area contributed by atoms with Crippen molar-refractivity contribution in [2.75, 3.05) is 6.61 Å². The fraction of sp³-hybridized carbons (Fsp3) is 0.400. The number of hydrogen-bond donors (Lipinski definition) is 2. The third kappa shape index (κ3) is 6.55. The van der Waals surface area contributed by atoms with Crippen LogP contribution < -0.4 is 10.5 Å². The zero-order valence-corrected chi connectivity index (χ0v) is 9.87. The van der Waals surface area contributed by atoms with Crippen LogP contribution in [0.25, 0.3) is 0 Å². The number of hydrogen-bond acceptors (Lipinski definition) is 4. The molecule has 0 aliphatic carbocycles. The van der Waals surface area contributed by atoms with Crippen LogP contribution in [0.1, 0.15) is 12.6 Å². The fourth-order valence-electron chi connectivity index (χ4n) is 0.836. The summed E-state index contributed by atoms with van der Waals surface area (Å²) in [6.45, 7) is 2.46. The highest BCUT2D eigenvalue weighted by Gasteiger charge is 2.38. The molecule has 108 valence electrons. The molecule has 0 radical (unpaired) electrons. The van der Waals surface area contributed by atoms with Gasteiger partial charge in [0.1, 0.15) is 0 Å². The van der Waals surface area contributed by atoms with Crippen LogP contribution in [0, 0.1) is 5.95 Å². The molecule has 0 saturated carbocycles. The molecular weight excluding hydrogens is 272 g/mol. The molecule has 0 atom stereocenters. The van der Waals surface area contributed by atoms with E-state index in [0.717, 1.165) is 0 Å². The SMILES string of the molecule is CCOc1ccc(CN)nc1F.O=C(O)C(F)(F)F. The Morgan fingerprint density at radius 3 is 2.32 bits per heavy atom. The summed E-state index contributed by atoms with van der Waals surface area (Å²) in [6, 6.07) is 3.18. The second kappa shape index (κ2) is 7.52. The van der Waals surface area contributed by atoms with E-state index in [-0.39, 0.29) is 12.3 Å². The Bertz CT molecular complexity index is 424. The summed E-state index contributed by atoms with van der Waals surface area (Å²) in [4.78, 5) is 12.5. The van der Waals surface area contributed by atoms with Crippen molar-refractivity contribution in [1.29, 1.82) is 0 Å². The fourth-order valence-corrected chi connectivity index (χ4v) is 0.836. The number of carboxylic acids is 1. The molecule has 0 saturated heterocycles. The van der Waals surface area contributed by atoms with E-state index in [0.29, 0.717) is 12.3 Å². The number of nitrogens with two attached hydrogens (primary N) is 1. The Kier molecular flexibility index (Phi) is 6.76. The minimum Gasteiger partial charge on any atom is -0.489 e. The highest BCUT2D eigenvalue weighted by Crippen LogP contribution is 2.14. The van der Waals surface area contributed by atoms with E-state index in [9.17, 15) is 17.6 Å². The standard InChI is InChI=1S/C8H11FN2O.C2HF3O2/c1-2-12-7-4-3-6(5-10)11-8(7)9;3-2(4,5)1(6)7/h3-4H,2,5,10H2,1H3;(H,6,7). The van der Waals surface area contributed by atoms with Crippen molar-refractivity contribution >= 4 is 5.97 Å². The minimum absolute atomic E-state index is 0.176. The van der Waals surface area contributed by atoms with Gasteiger partial charge in [-0.15, -0.1) is 0 Å². The van der Waals surface area contributed by atoms with Crippen LogP contribution in [-0.4, -0.2) is 28.8 Å². The number of ether oxygens (including phenoxy) is 1. The van der Waals surface area contributed by atoms with E-state index in [2.05, 4.69) is 4.98 Å². The van der Waals surface area contributed by atoms with E-state index < -0.39 is 18.1 Å². The molecule has 0 amide bonds. The average Bonchev–Trinajstić information content (AvgIpc) is 2.31. The summed E-state index contributed by atoms with van der Waals surface area (Å²) in [5.41, 5.74) is 5.80.